The number of β-lactam (4-membered cyclic amide) rings is 1. The lowest BCUT2D eigenvalue weighted by atomic mass is 10.0. The van der Waals surface area contributed by atoms with Gasteiger partial charge in [-0.2, -0.15) is 0 Å². The molecule has 180 valence electrons. The Morgan fingerprint density at radius 3 is 2.09 bits per heavy atom. The number of esters is 1. The Morgan fingerprint density at radius 1 is 1.03 bits per heavy atom. The van der Waals surface area contributed by atoms with E-state index >= 15 is 0 Å². The van der Waals surface area contributed by atoms with Gasteiger partial charge >= 0.3 is 5.97 Å². The largest absolute Gasteiger partial charge is 0.448 e. The van der Waals surface area contributed by atoms with E-state index in [2.05, 4.69) is 15.9 Å². The minimum atomic E-state index is -0.656. The van der Waals surface area contributed by atoms with E-state index in [0.29, 0.717) is 15.9 Å². The Hall–Kier alpha value is -3.23. The molecule has 2 amide bonds. The van der Waals surface area contributed by atoms with Crippen molar-refractivity contribution in [2.24, 2.45) is 0 Å². The molecule has 1 saturated heterocycles. The highest BCUT2D eigenvalue weighted by molar-refractivity contribution is 9.09. The smallest absolute Gasteiger partial charge is 0.355 e. The second-order valence-corrected chi connectivity index (χ2v) is 9.66. The molecule has 3 aromatic rings. The van der Waals surface area contributed by atoms with Crippen LogP contribution in [0.5, 0.6) is 0 Å². The number of hydrogen-bond acceptors (Lipinski definition) is 5. The number of carbonyl (C=O) groups is 3. The predicted molar refractivity (Wildman–Crippen MR) is 140 cm³/mol. The lowest BCUT2D eigenvalue weighted by molar-refractivity contribution is -0.152. The van der Waals surface area contributed by atoms with Crippen LogP contribution in [0.4, 0.5) is 5.00 Å². The number of ether oxygens (including phenoxy) is 1. The van der Waals surface area contributed by atoms with Crippen molar-refractivity contribution in [2.45, 2.75) is 26.0 Å². The van der Waals surface area contributed by atoms with E-state index in [1.807, 2.05) is 72.1 Å². The molecule has 0 N–H and O–H groups in total. The number of allylic oxidation sites excluding steroid dienone is 1. The highest BCUT2D eigenvalue weighted by Gasteiger charge is 2.47. The number of thiophene rings is 1. The molecule has 1 unspecified atom stereocenters. The van der Waals surface area contributed by atoms with Crippen LogP contribution in [-0.2, 0) is 19.1 Å². The predicted octanol–water partition coefficient (Wildman–Crippen LogP) is 5.31. The molecule has 0 radical (unpaired) electrons. The molecule has 2 heterocycles. The third kappa shape index (κ3) is 5.23. The van der Waals surface area contributed by atoms with Crippen LogP contribution in [0.2, 0.25) is 0 Å². The molecule has 8 heteroatoms. The molecule has 0 saturated carbocycles. The molecule has 0 spiro atoms. The molecular formula is C27H25BrN2O4S. The summed E-state index contributed by atoms with van der Waals surface area (Å²) in [6, 6.07) is 22.0. The molecule has 1 fully saturated rings. The Bertz CT molecular complexity index is 1190. The molecule has 35 heavy (non-hydrogen) atoms. The van der Waals surface area contributed by atoms with Gasteiger partial charge in [0.15, 0.2) is 6.10 Å². The Balaban J connectivity index is 1.60. The first-order valence-electron chi connectivity index (χ1n) is 11.1. The Labute approximate surface area is 216 Å². The van der Waals surface area contributed by atoms with E-state index in [9.17, 15) is 14.4 Å². The fourth-order valence-electron chi connectivity index (χ4n) is 4.06. The average Bonchev–Trinajstić information content (AvgIpc) is 3.41. The molecule has 0 bridgehead atoms. The van der Waals surface area contributed by atoms with Crippen molar-refractivity contribution in [3.63, 3.8) is 0 Å². The standard InChI is InChI=1S/C27H25BrN2O4S/c1-18(16-28)24(29-17-22(26(29)32)30(19(2)31)23-14-9-15-35-23)27(33)34-25(20-10-5-3-6-11-20)21-12-7-4-8-13-21/h3-15,22,25H,16-17H2,1-2H3. The van der Waals surface area contributed by atoms with Crippen molar-refractivity contribution in [3.05, 3.63) is 101 Å². The van der Waals surface area contributed by atoms with Gasteiger partial charge in [0, 0.05) is 12.3 Å². The Kier molecular flexibility index (Phi) is 7.83. The number of rotatable bonds is 8. The maximum Gasteiger partial charge on any atom is 0.355 e. The topological polar surface area (TPSA) is 66.9 Å². The highest BCUT2D eigenvalue weighted by Crippen LogP contribution is 2.33. The number of amides is 2. The van der Waals surface area contributed by atoms with Crippen LogP contribution < -0.4 is 4.90 Å². The van der Waals surface area contributed by atoms with Gasteiger partial charge in [-0.3, -0.25) is 14.5 Å². The zero-order valence-electron chi connectivity index (χ0n) is 19.4. The molecule has 0 aliphatic carbocycles. The number of likely N-dealkylation sites (tertiary alicyclic amines) is 1. The number of hydrogen-bond donors (Lipinski definition) is 0. The average molecular weight is 553 g/mol. The van der Waals surface area contributed by atoms with E-state index in [1.54, 1.807) is 13.0 Å². The summed E-state index contributed by atoms with van der Waals surface area (Å²) in [5, 5.41) is 2.96. The van der Waals surface area contributed by atoms with E-state index in [-0.39, 0.29) is 24.1 Å². The molecule has 6 nitrogen and oxygen atoms in total. The molecule has 1 aliphatic rings. The third-order valence-corrected chi connectivity index (χ3v) is 7.51. The van der Waals surface area contributed by atoms with Crippen LogP contribution in [0.25, 0.3) is 0 Å². The van der Waals surface area contributed by atoms with Crippen molar-refractivity contribution in [2.75, 3.05) is 16.8 Å². The van der Waals surface area contributed by atoms with Gasteiger partial charge in [0.1, 0.15) is 11.7 Å². The zero-order valence-corrected chi connectivity index (χ0v) is 21.8. The van der Waals surface area contributed by atoms with Gasteiger partial charge < -0.3 is 9.64 Å². The van der Waals surface area contributed by atoms with Crippen LogP contribution in [-0.4, -0.2) is 40.6 Å². The van der Waals surface area contributed by atoms with Crippen LogP contribution >= 0.6 is 27.3 Å². The van der Waals surface area contributed by atoms with Gasteiger partial charge in [-0.25, -0.2) is 4.79 Å². The first kappa shape index (κ1) is 24.9. The molecule has 1 aliphatic heterocycles. The van der Waals surface area contributed by atoms with E-state index in [1.165, 1.54) is 28.1 Å². The summed E-state index contributed by atoms with van der Waals surface area (Å²) < 4.78 is 6.04. The van der Waals surface area contributed by atoms with Crippen molar-refractivity contribution < 1.29 is 19.1 Å². The minimum absolute atomic E-state index is 0.203. The summed E-state index contributed by atoms with van der Waals surface area (Å²) in [5.41, 5.74) is 2.54. The summed E-state index contributed by atoms with van der Waals surface area (Å²) in [5.74, 6) is -1.11. The first-order valence-corrected chi connectivity index (χ1v) is 13.1. The summed E-state index contributed by atoms with van der Waals surface area (Å²) in [7, 11) is 0. The van der Waals surface area contributed by atoms with Crippen molar-refractivity contribution in [1.82, 2.24) is 4.90 Å². The minimum Gasteiger partial charge on any atom is -0.448 e. The molecule has 4 rings (SSSR count). The number of nitrogens with zero attached hydrogens (tertiary/aromatic N) is 2. The van der Waals surface area contributed by atoms with Gasteiger partial charge in [-0.05, 0) is 41.1 Å². The monoisotopic (exact) mass is 552 g/mol. The maximum atomic E-state index is 13.5. The lowest BCUT2D eigenvalue weighted by Crippen LogP contribution is -2.65. The van der Waals surface area contributed by atoms with Gasteiger partial charge in [0.25, 0.3) is 5.91 Å². The third-order valence-electron chi connectivity index (χ3n) is 5.80. The fourth-order valence-corrected chi connectivity index (χ4v) is 5.15. The summed E-state index contributed by atoms with van der Waals surface area (Å²) in [6.07, 6.45) is -0.630. The SMILES string of the molecule is CC(=O)N(c1cccs1)C1CN(C(C(=O)OC(c2ccccc2)c2ccccc2)=C(C)CBr)C1=O. The van der Waals surface area contributed by atoms with Crippen molar-refractivity contribution in [3.8, 4) is 0 Å². The van der Waals surface area contributed by atoms with Gasteiger partial charge in [0.05, 0.1) is 11.5 Å². The number of carbonyl (C=O) groups excluding carboxylic acids is 3. The normalized spacial score (nSPS) is 15.9. The summed E-state index contributed by atoms with van der Waals surface area (Å²) in [4.78, 5) is 42.1. The number of benzene rings is 2. The van der Waals surface area contributed by atoms with E-state index < -0.39 is 18.1 Å². The molecular weight excluding hydrogens is 528 g/mol. The highest BCUT2D eigenvalue weighted by atomic mass is 79.9. The lowest BCUT2D eigenvalue weighted by Gasteiger charge is -2.44. The van der Waals surface area contributed by atoms with Crippen molar-refractivity contribution >= 4 is 50.1 Å². The van der Waals surface area contributed by atoms with Gasteiger partial charge in [-0.15, -0.1) is 11.3 Å². The van der Waals surface area contributed by atoms with Crippen molar-refractivity contribution in [1.29, 1.82) is 0 Å². The van der Waals surface area contributed by atoms with Crippen LogP contribution in [0.3, 0.4) is 0 Å². The summed E-state index contributed by atoms with van der Waals surface area (Å²) >= 11 is 4.81. The maximum absolute atomic E-state index is 13.5. The summed E-state index contributed by atoms with van der Waals surface area (Å²) in [6.45, 7) is 3.44. The number of alkyl halides is 1. The first-order chi connectivity index (χ1) is 16.9. The molecule has 2 aromatic carbocycles. The quantitative estimate of drug-likeness (QED) is 0.164. The van der Waals surface area contributed by atoms with E-state index in [0.717, 1.165) is 11.1 Å². The fraction of sp³-hybridized carbons (Fsp3) is 0.222. The molecule has 1 atom stereocenters. The number of anilines is 1. The van der Waals surface area contributed by atoms with Crippen LogP contribution in [0.1, 0.15) is 31.1 Å². The van der Waals surface area contributed by atoms with Gasteiger partial charge in [0.2, 0.25) is 5.91 Å². The second-order valence-electron chi connectivity index (χ2n) is 8.17. The van der Waals surface area contributed by atoms with Gasteiger partial charge in [-0.1, -0.05) is 76.6 Å². The van der Waals surface area contributed by atoms with E-state index in [4.69, 9.17) is 4.74 Å². The zero-order chi connectivity index (χ0) is 24.9. The Morgan fingerprint density at radius 2 is 1.63 bits per heavy atom. The number of halogens is 1. The second kappa shape index (κ2) is 11.0. The molecule has 1 aromatic heterocycles. The van der Waals surface area contributed by atoms with Crippen LogP contribution in [0.15, 0.2) is 89.4 Å². The van der Waals surface area contributed by atoms with Crippen LogP contribution in [0, 0.1) is 0 Å².